The Bertz CT molecular complexity index is 957. The van der Waals surface area contributed by atoms with Crippen LogP contribution in [0.15, 0.2) is 60.1 Å². The molecular formula is C21H21N3O3S. The standard InChI is InChI=1S/C21H21N3O3S/c1-15-8-9-22-19(11-15)23-20(25)13-24(2)21(26)16-5-3-6-17(12-16)27-14-18-7-4-10-28-18/h3-12H,13-14H2,1-2H3,(H,22,23,25). The van der Waals surface area contributed by atoms with Gasteiger partial charge in [-0.3, -0.25) is 9.59 Å². The highest BCUT2D eigenvalue weighted by Crippen LogP contribution is 2.18. The lowest BCUT2D eigenvalue weighted by Gasteiger charge is -2.17. The lowest BCUT2D eigenvalue weighted by Crippen LogP contribution is -2.35. The Morgan fingerprint density at radius 3 is 2.79 bits per heavy atom. The van der Waals surface area contributed by atoms with Crippen molar-refractivity contribution >= 4 is 29.0 Å². The Hall–Kier alpha value is -3.19. The summed E-state index contributed by atoms with van der Waals surface area (Å²) in [6.07, 6.45) is 1.63. The van der Waals surface area contributed by atoms with Gasteiger partial charge in [0, 0.05) is 23.7 Å². The van der Waals surface area contributed by atoms with E-state index in [-0.39, 0.29) is 18.4 Å². The summed E-state index contributed by atoms with van der Waals surface area (Å²) >= 11 is 1.62. The number of hydrogen-bond acceptors (Lipinski definition) is 5. The third kappa shape index (κ3) is 5.40. The van der Waals surface area contributed by atoms with E-state index in [1.54, 1.807) is 54.9 Å². The van der Waals surface area contributed by atoms with Crippen molar-refractivity contribution in [2.75, 3.05) is 18.9 Å². The Kier molecular flexibility index (Phi) is 6.39. The molecule has 7 heteroatoms. The normalized spacial score (nSPS) is 10.4. The summed E-state index contributed by atoms with van der Waals surface area (Å²) in [5, 5.41) is 4.69. The van der Waals surface area contributed by atoms with E-state index in [1.807, 2.05) is 30.5 Å². The van der Waals surface area contributed by atoms with Gasteiger partial charge in [0.25, 0.3) is 5.91 Å². The molecule has 2 aromatic heterocycles. The fourth-order valence-electron chi connectivity index (χ4n) is 2.56. The second-order valence-corrected chi connectivity index (χ2v) is 7.36. The van der Waals surface area contributed by atoms with Crippen molar-refractivity contribution in [1.29, 1.82) is 0 Å². The van der Waals surface area contributed by atoms with Crippen LogP contribution in [0.3, 0.4) is 0 Å². The number of carbonyl (C=O) groups is 2. The molecule has 0 unspecified atom stereocenters. The number of likely N-dealkylation sites (N-methyl/N-ethyl adjacent to an activating group) is 1. The van der Waals surface area contributed by atoms with Gasteiger partial charge in [0.05, 0.1) is 6.54 Å². The molecule has 0 aliphatic carbocycles. The fourth-order valence-corrected chi connectivity index (χ4v) is 3.18. The number of nitrogens with one attached hydrogen (secondary N) is 1. The molecule has 0 saturated carbocycles. The molecule has 1 N–H and O–H groups in total. The van der Waals surface area contributed by atoms with Crippen LogP contribution in [-0.4, -0.2) is 35.3 Å². The molecule has 0 saturated heterocycles. The number of carbonyl (C=O) groups excluding carboxylic acids is 2. The molecule has 0 aliphatic rings. The Morgan fingerprint density at radius 1 is 1.18 bits per heavy atom. The van der Waals surface area contributed by atoms with Crippen molar-refractivity contribution in [1.82, 2.24) is 9.88 Å². The zero-order chi connectivity index (χ0) is 19.9. The van der Waals surface area contributed by atoms with Crippen molar-refractivity contribution in [3.63, 3.8) is 0 Å². The maximum Gasteiger partial charge on any atom is 0.254 e. The van der Waals surface area contributed by atoms with Crippen LogP contribution in [0.25, 0.3) is 0 Å². The summed E-state index contributed by atoms with van der Waals surface area (Å²) in [5.74, 6) is 0.517. The van der Waals surface area contributed by atoms with E-state index in [1.165, 1.54) is 4.90 Å². The number of hydrogen-bond donors (Lipinski definition) is 1. The van der Waals surface area contributed by atoms with E-state index in [9.17, 15) is 9.59 Å². The van der Waals surface area contributed by atoms with Crippen molar-refractivity contribution in [3.8, 4) is 5.75 Å². The van der Waals surface area contributed by atoms with Crippen LogP contribution in [0.1, 0.15) is 20.8 Å². The van der Waals surface area contributed by atoms with E-state index in [4.69, 9.17) is 4.74 Å². The van der Waals surface area contributed by atoms with Crippen LogP contribution >= 0.6 is 11.3 Å². The molecule has 0 aliphatic heterocycles. The Labute approximate surface area is 167 Å². The van der Waals surface area contributed by atoms with Gasteiger partial charge in [0.2, 0.25) is 5.91 Å². The van der Waals surface area contributed by atoms with Gasteiger partial charge in [0.15, 0.2) is 0 Å². The molecule has 2 amide bonds. The number of anilines is 1. The second-order valence-electron chi connectivity index (χ2n) is 6.32. The molecule has 144 valence electrons. The highest BCUT2D eigenvalue weighted by atomic mass is 32.1. The van der Waals surface area contributed by atoms with Crippen LogP contribution in [-0.2, 0) is 11.4 Å². The first kappa shape index (κ1) is 19.6. The third-order valence-corrected chi connectivity index (χ3v) is 4.80. The zero-order valence-electron chi connectivity index (χ0n) is 15.7. The lowest BCUT2D eigenvalue weighted by atomic mass is 10.2. The van der Waals surface area contributed by atoms with E-state index >= 15 is 0 Å². The first-order valence-electron chi connectivity index (χ1n) is 8.74. The summed E-state index contributed by atoms with van der Waals surface area (Å²) < 4.78 is 5.74. The molecule has 0 atom stereocenters. The number of thiophene rings is 1. The van der Waals surface area contributed by atoms with E-state index in [2.05, 4.69) is 10.3 Å². The molecule has 3 rings (SSSR count). The van der Waals surface area contributed by atoms with Gasteiger partial charge in [-0.05, 0) is 54.3 Å². The van der Waals surface area contributed by atoms with E-state index < -0.39 is 0 Å². The zero-order valence-corrected chi connectivity index (χ0v) is 16.5. The maximum atomic E-state index is 12.6. The quantitative estimate of drug-likeness (QED) is 0.661. The van der Waals surface area contributed by atoms with Gasteiger partial charge in [-0.2, -0.15) is 0 Å². The van der Waals surface area contributed by atoms with Crippen LogP contribution in [0.2, 0.25) is 0 Å². The average molecular weight is 395 g/mol. The van der Waals surface area contributed by atoms with Crippen molar-refractivity contribution in [2.24, 2.45) is 0 Å². The van der Waals surface area contributed by atoms with Crippen molar-refractivity contribution < 1.29 is 14.3 Å². The number of aryl methyl sites for hydroxylation is 1. The molecule has 0 fully saturated rings. The molecule has 1 aromatic carbocycles. The summed E-state index contributed by atoms with van der Waals surface area (Å²) in [7, 11) is 1.59. The minimum Gasteiger partial charge on any atom is -0.488 e. The number of aromatic nitrogens is 1. The van der Waals surface area contributed by atoms with Gasteiger partial charge in [-0.1, -0.05) is 12.1 Å². The van der Waals surface area contributed by atoms with Crippen LogP contribution in [0.5, 0.6) is 5.75 Å². The SMILES string of the molecule is Cc1ccnc(NC(=O)CN(C)C(=O)c2cccc(OCc3cccs3)c2)c1. The Balaban J connectivity index is 1.57. The molecule has 0 radical (unpaired) electrons. The highest BCUT2D eigenvalue weighted by molar-refractivity contribution is 7.09. The molecule has 2 heterocycles. The first-order chi connectivity index (χ1) is 13.5. The summed E-state index contributed by atoms with van der Waals surface area (Å²) in [4.78, 5) is 31.4. The van der Waals surface area contributed by atoms with Crippen molar-refractivity contribution in [2.45, 2.75) is 13.5 Å². The number of rotatable bonds is 7. The molecule has 28 heavy (non-hydrogen) atoms. The molecule has 0 bridgehead atoms. The summed E-state index contributed by atoms with van der Waals surface area (Å²) in [6, 6.07) is 14.5. The topological polar surface area (TPSA) is 71.5 Å². The highest BCUT2D eigenvalue weighted by Gasteiger charge is 2.16. The van der Waals surface area contributed by atoms with Gasteiger partial charge >= 0.3 is 0 Å². The number of amides is 2. The minimum absolute atomic E-state index is 0.0747. The largest absolute Gasteiger partial charge is 0.488 e. The summed E-state index contributed by atoms with van der Waals surface area (Å²) in [5.41, 5.74) is 1.46. The van der Waals surface area contributed by atoms with Crippen LogP contribution in [0, 0.1) is 6.92 Å². The van der Waals surface area contributed by atoms with Gasteiger partial charge in [-0.25, -0.2) is 4.98 Å². The minimum atomic E-state index is -0.306. The first-order valence-corrected chi connectivity index (χ1v) is 9.62. The van der Waals surface area contributed by atoms with Gasteiger partial charge in [-0.15, -0.1) is 11.3 Å². The third-order valence-electron chi connectivity index (χ3n) is 3.95. The predicted octanol–water partition coefficient (Wildman–Crippen LogP) is 3.74. The Morgan fingerprint density at radius 2 is 2.04 bits per heavy atom. The van der Waals surface area contributed by atoms with E-state index in [0.717, 1.165) is 10.4 Å². The average Bonchev–Trinajstić information content (AvgIpc) is 3.19. The molecular weight excluding hydrogens is 374 g/mol. The van der Waals surface area contributed by atoms with Gasteiger partial charge < -0.3 is 15.0 Å². The molecule has 6 nitrogen and oxygen atoms in total. The smallest absolute Gasteiger partial charge is 0.254 e. The number of pyridine rings is 1. The molecule has 0 spiro atoms. The maximum absolute atomic E-state index is 12.6. The van der Waals surface area contributed by atoms with E-state index in [0.29, 0.717) is 23.7 Å². The molecule has 3 aromatic rings. The monoisotopic (exact) mass is 395 g/mol. The van der Waals surface area contributed by atoms with Gasteiger partial charge in [0.1, 0.15) is 18.2 Å². The predicted molar refractivity (Wildman–Crippen MR) is 110 cm³/mol. The number of ether oxygens (including phenoxy) is 1. The lowest BCUT2D eigenvalue weighted by molar-refractivity contribution is -0.116. The summed E-state index contributed by atoms with van der Waals surface area (Å²) in [6.45, 7) is 2.30. The van der Waals surface area contributed by atoms with Crippen LogP contribution in [0.4, 0.5) is 5.82 Å². The number of benzene rings is 1. The fraction of sp³-hybridized carbons (Fsp3) is 0.190. The van der Waals surface area contributed by atoms with Crippen molar-refractivity contribution in [3.05, 3.63) is 76.1 Å². The second kappa shape index (κ2) is 9.14. The van der Waals surface area contributed by atoms with Crippen LogP contribution < -0.4 is 10.1 Å². The number of nitrogens with zero attached hydrogens (tertiary/aromatic N) is 2.